The molecule has 2 heterocycles. The van der Waals surface area contributed by atoms with Gasteiger partial charge in [-0.2, -0.15) is 0 Å². The first-order chi connectivity index (χ1) is 20.4. The highest BCUT2D eigenvalue weighted by Gasteiger charge is 2.33. The molecule has 3 atom stereocenters. The summed E-state index contributed by atoms with van der Waals surface area (Å²) in [6.45, 7) is 1.87. The summed E-state index contributed by atoms with van der Waals surface area (Å²) >= 11 is 0. The normalized spacial score (nSPS) is 16.1. The number of H-pyrrole nitrogens is 1. The van der Waals surface area contributed by atoms with Gasteiger partial charge in [0, 0.05) is 12.4 Å². The molecule has 1 saturated carbocycles. The molecule has 1 aliphatic carbocycles. The summed E-state index contributed by atoms with van der Waals surface area (Å²) in [6.07, 6.45) is 4.21. The number of rotatable bonds is 8. The van der Waals surface area contributed by atoms with Crippen LogP contribution in [0, 0.1) is 5.92 Å². The SMILES string of the molecule is CC(c1ccc(C(C(=O)NC(CO)c2ccccc2)C2CCCC2)cc1)n1c2ccccc2c2c(=O)n(C)c(=O)[nH]c21. The van der Waals surface area contributed by atoms with Crippen molar-refractivity contribution in [2.75, 3.05) is 6.61 Å². The summed E-state index contributed by atoms with van der Waals surface area (Å²) in [7, 11) is 1.48. The van der Waals surface area contributed by atoms with E-state index in [2.05, 4.69) is 10.3 Å². The first kappa shape index (κ1) is 27.7. The maximum absolute atomic E-state index is 13.8. The second-order valence-electron chi connectivity index (χ2n) is 11.4. The van der Waals surface area contributed by atoms with Gasteiger partial charge in [-0.05, 0) is 48.4 Å². The predicted molar refractivity (Wildman–Crippen MR) is 165 cm³/mol. The van der Waals surface area contributed by atoms with E-state index in [-0.39, 0.29) is 36.0 Å². The predicted octanol–water partition coefficient (Wildman–Crippen LogP) is 4.91. The van der Waals surface area contributed by atoms with E-state index in [9.17, 15) is 19.5 Å². The average molecular weight is 565 g/mol. The molecule has 0 spiro atoms. The van der Waals surface area contributed by atoms with E-state index < -0.39 is 11.7 Å². The van der Waals surface area contributed by atoms with Gasteiger partial charge in [0.2, 0.25) is 5.91 Å². The number of aliphatic hydroxyl groups excluding tert-OH is 1. The van der Waals surface area contributed by atoms with Gasteiger partial charge in [-0.3, -0.25) is 19.1 Å². The Balaban J connectivity index is 1.35. The number of nitrogens with zero attached hydrogens (tertiary/aromatic N) is 2. The standard InChI is InChI=1S/C34H36N4O4/c1-21(38-28-15-9-8-14-26(28)30-31(38)36-34(42)37(2)33(30)41)22-16-18-25(19-17-22)29(24-12-6-7-13-24)32(40)35-27(20-39)23-10-4-3-5-11-23/h3-5,8-11,14-19,21,24,27,29,39H,6-7,12-13,20H2,1-2H3,(H,35,40)(H,36,42). The molecule has 0 bridgehead atoms. The zero-order valence-electron chi connectivity index (χ0n) is 23.9. The smallest absolute Gasteiger partial charge is 0.329 e. The number of para-hydroxylation sites is 1. The molecule has 8 nitrogen and oxygen atoms in total. The van der Waals surface area contributed by atoms with Crippen LogP contribution in [0.5, 0.6) is 0 Å². The third-order valence-corrected chi connectivity index (χ3v) is 8.98. The Morgan fingerprint density at radius 3 is 2.26 bits per heavy atom. The summed E-state index contributed by atoms with van der Waals surface area (Å²) < 4.78 is 3.11. The number of carbonyl (C=O) groups is 1. The van der Waals surface area contributed by atoms with Gasteiger partial charge in [-0.1, -0.05) is 85.6 Å². The van der Waals surface area contributed by atoms with Crippen LogP contribution in [-0.4, -0.2) is 31.7 Å². The number of aromatic amines is 1. The van der Waals surface area contributed by atoms with Gasteiger partial charge in [-0.15, -0.1) is 0 Å². The second kappa shape index (κ2) is 11.4. The van der Waals surface area contributed by atoms with Crippen molar-refractivity contribution >= 4 is 27.8 Å². The molecule has 42 heavy (non-hydrogen) atoms. The zero-order valence-corrected chi connectivity index (χ0v) is 23.9. The number of amides is 1. The quantitative estimate of drug-likeness (QED) is 0.249. The van der Waals surface area contributed by atoms with Crippen LogP contribution in [0.15, 0.2) is 88.5 Å². The molecule has 5 aromatic rings. The summed E-state index contributed by atoms with van der Waals surface area (Å²) in [5, 5.41) is 14.5. The Morgan fingerprint density at radius 2 is 1.57 bits per heavy atom. The van der Waals surface area contributed by atoms with Crippen LogP contribution in [0.3, 0.4) is 0 Å². The highest BCUT2D eigenvalue weighted by molar-refractivity contribution is 6.06. The van der Waals surface area contributed by atoms with E-state index in [1.54, 1.807) is 0 Å². The topological polar surface area (TPSA) is 109 Å². The monoisotopic (exact) mass is 564 g/mol. The molecule has 3 unspecified atom stereocenters. The third-order valence-electron chi connectivity index (χ3n) is 8.98. The molecule has 3 N–H and O–H groups in total. The molecule has 0 saturated heterocycles. The van der Waals surface area contributed by atoms with Crippen molar-refractivity contribution in [3.8, 4) is 0 Å². The van der Waals surface area contributed by atoms with Crippen molar-refractivity contribution in [3.63, 3.8) is 0 Å². The Kier molecular flexibility index (Phi) is 7.56. The van der Waals surface area contributed by atoms with Gasteiger partial charge < -0.3 is 15.0 Å². The molecule has 0 radical (unpaired) electrons. The van der Waals surface area contributed by atoms with E-state index in [0.29, 0.717) is 11.0 Å². The van der Waals surface area contributed by atoms with Crippen molar-refractivity contribution in [2.24, 2.45) is 13.0 Å². The van der Waals surface area contributed by atoms with E-state index in [1.165, 1.54) is 7.05 Å². The number of fused-ring (bicyclic) bond motifs is 3. The fourth-order valence-electron chi connectivity index (χ4n) is 6.69. The minimum atomic E-state index is -0.466. The van der Waals surface area contributed by atoms with Gasteiger partial charge in [0.1, 0.15) is 5.65 Å². The second-order valence-corrected chi connectivity index (χ2v) is 11.4. The molecule has 216 valence electrons. The van der Waals surface area contributed by atoms with Crippen molar-refractivity contribution in [2.45, 2.75) is 50.6 Å². The Labute approximate surface area is 243 Å². The summed E-state index contributed by atoms with van der Waals surface area (Å²) in [4.78, 5) is 42.4. The van der Waals surface area contributed by atoms with Crippen molar-refractivity contribution in [1.82, 2.24) is 19.4 Å². The van der Waals surface area contributed by atoms with Crippen molar-refractivity contribution < 1.29 is 9.90 Å². The van der Waals surface area contributed by atoms with Crippen LogP contribution in [-0.2, 0) is 11.8 Å². The minimum absolute atomic E-state index is 0.0681. The van der Waals surface area contributed by atoms with E-state index >= 15 is 0 Å². The lowest BCUT2D eigenvalue weighted by Crippen LogP contribution is -2.37. The Bertz CT molecular complexity index is 1850. The fourth-order valence-corrected chi connectivity index (χ4v) is 6.69. The molecule has 2 aromatic heterocycles. The Morgan fingerprint density at radius 1 is 0.929 bits per heavy atom. The summed E-state index contributed by atoms with van der Waals surface area (Å²) in [6, 6.07) is 24.7. The molecule has 0 aliphatic heterocycles. The number of hydrogen-bond acceptors (Lipinski definition) is 4. The first-order valence-corrected chi connectivity index (χ1v) is 14.7. The van der Waals surface area contributed by atoms with E-state index in [0.717, 1.165) is 57.8 Å². The van der Waals surface area contributed by atoms with Gasteiger partial charge in [0.05, 0.1) is 35.5 Å². The molecule has 1 amide bonds. The molecule has 6 rings (SSSR count). The van der Waals surface area contributed by atoms with Crippen molar-refractivity contribution in [1.29, 1.82) is 0 Å². The van der Waals surface area contributed by atoms with E-state index in [1.807, 2.05) is 90.4 Å². The minimum Gasteiger partial charge on any atom is -0.394 e. The van der Waals surface area contributed by atoms with Crippen LogP contribution < -0.4 is 16.6 Å². The lowest BCUT2D eigenvalue weighted by Gasteiger charge is -2.27. The summed E-state index contributed by atoms with van der Waals surface area (Å²) in [5.74, 6) is -0.148. The first-order valence-electron chi connectivity index (χ1n) is 14.7. The average Bonchev–Trinajstić information content (AvgIpc) is 3.66. The van der Waals surface area contributed by atoms with Crippen LogP contribution in [0.2, 0.25) is 0 Å². The maximum atomic E-state index is 13.8. The number of aliphatic hydroxyl groups is 1. The molecule has 3 aromatic carbocycles. The van der Waals surface area contributed by atoms with Gasteiger partial charge >= 0.3 is 5.69 Å². The molecular formula is C34H36N4O4. The number of carbonyl (C=O) groups excluding carboxylic acids is 1. The van der Waals surface area contributed by atoms with Crippen LogP contribution in [0.25, 0.3) is 21.9 Å². The third kappa shape index (κ3) is 4.86. The molecule has 8 heteroatoms. The fraction of sp³-hybridized carbons (Fsp3) is 0.324. The lowest BCUT2D eigenvalue weighted by atomic mass is 9.83. The molecule has 1 fully saturated rings. The highest BCUT2D eigenvalue weighted by atomic mass is 16.3. The highest BCUT2D eigenvalue weighted by Crippen LogP contribution is 2.39. The number of aromatic nitrogens is 3. The number of benzene rings is 3. The molecule has 1 aliphatic rings. The van der Waals surface area contributed by atoms with Crippen LogP contribution in [0.4, 0.5) is 0 Å². The van der Waals surface area contributed by atoms with Crippen LogP contribution in [0.1, 0.15) is 67.3 Å². The summed E-state index contributed by atoms with van der Waals surface area (Å²) in [5.41, 5.74) is 3.40. The molecular weight excluding hydrogens is 528 g/mol. The van der Waals surface area contributed by atoms with Crippen LogP contribution >= 0.6 is 0 Å². The number of hydrogen-bond donors (Lipinski definition) is 3. The Hall–Kier alpha value is -4.43. The maximum Gasteiger partial charge on any atom is 0.329 e. The van der Waals surface area contributed by atoms with E-state index in [4.69, 9.17) is 0 Å². The van der Waals surface area contributed by atoms with Crippen molar-refractivity contribution in [3.05, 3.63) is 116 Å². The zero-order chi connectivity index (χ0) is 29.4. The number of nitrogens with one attached hydrogen (secondary N) is 2. The lowest BCUT2D eigenvalue weighted by molar-refractivity contribution is -0.124. The van der Waals surface area contributed by atoms with Gasteiger partial charge in [-0.25, -0.2) is 4.79 Å². The largest absolute Gasteiger partial charge is 0.394 e. The van der Waals surface area contributed by atoms with Gasteiger partial charge in [0.25, 0.3) is 5.56 Å². The van der Waals surface area contributed by atoms with Gasteiger partial charge in [0.15, 0.2) is 0 Å².